The van der Waals surface area contributed by atoms with Gasteiger partial charge in [-0.05, 0) is 55.0 Å². The van der Waals surface area contributed by atoms with Crippen LogP contribution in [0.1, 0.15) is 29.0 Å². The molecule has 0 saturated carbocycles. The van der Waals surface area contributed by atoms with Gasteiger partial charge in [-0.15, -0.1) is 0 Å². The van der Waals surface area contributed by atoms with Gasteiger partial charge in [0.1, 0.15) is 0 Å². The molecule has 8 heteroatoms. The summed E-state index contributed by atoms with van der Waals surface area (Å²) in [7, 11) is 1.50. The van der Waals surface area contributed by atoms with Crippen LogP contribution in [0, 0.1) is 11.3 Å². The zero-order valence-electron chi connectivity index (χ0n) is 16.9. The number of hydrogen-bond acceptors (Lipinski definition) is 6. The molecule has 0 aliphatic rings. The fourth-order valence-corrected chi connectivity index (χ4v) is 2.73. The maximum absolute atomic E-state index is 12.1. The fraction of sp³-hybridized carbons (Fsp3) is 0.174. The van der Waals surface area contributed by atoms with E-state index in [0.29, 0.717) is 41.5 Å². The number of nitrogens with zero attached hydrogens (tertiary/aromatic N) is 1. The summed E-state index contributed by atoms with van der Waals surface area (Å²) >= 11 is 0. The first-order chi connectivity index (χ1) is 15.1. The third-order valence-electron chi connectivity index (χ3n) is 4.27. The number of anilines is 2. The van der Waals surface area contributed by atoms with E-state index in [-0.39, 0.29) is 24.0 Å². The van der Waals surface area contributed by atoms with Crippen LogP contribution in [0.3, 0.4) is 0 Å². The molecule has 0 bridgehead atoms. The number of amides is 2. The van der Waals surface area contributed by atoms with E-state index in [2.05, 4.69) is 10.6 Å². The Balaban J connectivity index is 1.42. The number of carbonyl (C=O) groups is 2. The van der Waals surface area contributed by atoms with Crippen molar-refractivity contribution in [2.45, 2.75) is 12.8 Å². The highest BCUT2D eigenvalue weighted by molar-refractivity contribution is 6.02. The molecule has 0 unspecified atom stereocenters. The summed E-state index contributed by atoms with van der Waals surface area (Å²) in [6.45, 7) is 0.327. The highest BCUT2D eigenvalue weighted by Crippen LogP contribution is 2.28. The van der Waals surface area contributed by atoms with Crippen LogP contribution >= 0.6 is 0 Å². The lowest BCUT2D eigenvalue weighted by atomic mass is 10.2. The number of furan rings is 1. The van der Waals surface area contributed by atoms with Gasteiger partial charge < -0.3 is 24.5 Å². The molecule has 0 atom stereocenters. The SMILES string of the molecule is COc1cc(C#N)ccc1OCCCC(=O)Nc1ccc(NC(=O)c2ccco2)cc1. The summed E-state index contributed by atoms with van der Waals surface area (Å²) in [5.41, 5.74) is 1.69. The highest BCUT2D eigenvalue weighted by Gasteiger charge is 2.09. The number of ether oxygens (including phenoxy) is 2. The maximum atomic E-state index is 12.1. The summed E-state index contributed by atoms with van der Waals surface area (Å²) in [6, 6.07) is 17.0. The molecule has 0 aliphatic heterocycles. The van der Waals surface area contributed by atoms with Crippen molar-refractivity contribution in [3.8, 4) is 17.6 Å². The molecule has 0 aliphatic carbocycles. The molecule has 1 aromatic heterocycles. The average Bonchev–Trinajstić information content (AvgIpc) is 3.33. The fourth-order valence-electron chi connectivity index (χ4n) is 2.73. The number of hydrogen-bond donors (Lipinski definition) is 2. The Bertz CT molecular complexity index is 1070. The van der Waals surface area contributed by atoms with Crippen molar-refractivity contribution in [2.75, 3.05) is 24.4 Å². The van der Waals surface area contributed by atoms with Gasteiger partial charge >= 0.3 is 0 Å². The number of nitriles is 1. The Morgan fingerprint density at radius 2 is 1.77 bits per heavy atom. The number of benzene rings is 2. The molecule has 3 aromatic rings. The minimum absolute atomic E-state index is 0.150. The molecule has 2 amide bonds. The van der Waals surface area contributed by atoms with E-state index in [9.17, 15) is 9.59 Å². The van der Waals surface area contributed by atoms with E-state index in [1.54, 1.807) is 54.6 Å². The lowest BCUT2D eigenvalue weighted by Gasteiger charge is -2.11. The molecular formula is C23H21N3O5. The molecule has 2 N–H and O–H groups in total. The summed E-state index contributed by atoms with van der Waals surface area (Å²) < 4.78 is 15.9. The van der Waals surface area contributed by atoms with Crippen molar-refractivity contribution in [3.05, 3.63) is 72.2 Å². The summed E-state index contributed by atoms with van der Waals surface area (Å²) in [5, 5.41) is 14.4. The normalized spacial score (nSPS) is 10.1. The van der Waals surface area contributed by atoms with Crippen molar-refractivity contribution in [1.82, 2.24) is 0 Å². The Morgan fingerprint density at radius 3 is 2.42 bits per heavy atom. The van der Waals surface area contributed by atoms with Crippen LogP contribution in [0.2, 0.25) is 0 Å². The van der Waals surface area contributed by atoms with Gasteiger partial charge in [0, 0.05) is 23.9 Å². The summed E-state index contributed by atoms with van der Waals surface area (Å²) in [6.07, 6.45) is 2.21. The van der Waals surface area contributed by atoms with Gasteiger partial charge in [0.25, 0.3) is 5.91 Å². The third kappa shape index (κ3) is 6.11. The lowest BCUT2D eigenvalue weighted by Crippen LogP contribution is -2.13. The third-order valence-corrected chi connectivity index (χ3v) is 4.27. The molecule has 0 saturated heterocycles. The zero-order chi connectivity index (χ0) is 22.1. The van der Waals surface area contributed by atoms with Crippen molar-refractivity contribution in [1.29, 1.82) is 5.26 Å². The zero-order valence-corrected chi connectivity index (χ0v) is 16.9. The number of methoxy groups -OCH3 is 1. The predicted molar refractivity (Wildman–Crippen MR) is 114 cm³/mol. The first kappa shape index (κ1) is 21.5. The van der Waals surface area contributed by atoms with Crippen molar-refractivity contribution in [2.24, 2.45) is 0 Å². The van der Waals surface area contributed by atoms with Crippen molar-refractivity contribution < 1.29 is 23.5 Å². The largest absolute Gasteiger partial charge is 0.493 e. The predicted octanol–water partition coefficient (Wildman–Crippen LogP) is 4.21. The van der Waals surface area contributed by atoms with E-state index in [4.69, 9.17) is 19.2 Å². The molecule has 3 rings (SSSR count). The molecule has 158 valence electrons. The Kier molecular flexibility index (Phi) is 7.27. The molecule has 31 heavy (non-hydrogen) atoms. The number of nitrogens with one attached hydrogen (secondary N) is 2. The standard InChI is InChI=1S/C23H21N3O5/c1-29-21-14-16(15-24)6-11-19(21)30-13-3-5-22(27)25-17-7-9-18(10-8-17)26-23(28)20-4-2-12-31-20/h2,4,6-12,14H,3,5,13H2,1H3,(H,25,27)(H,26,28). The molecule has 2 aromatic carbocycles. The maximum Gasteiger partial charge on any atom is 0.291 e. The van der Waals surface area contributed by atoms with E-state index in [1.807, 2.05) is 6.07 Å². The second kappa shape index (κ2) is 10.5. The Labute approximate surface area is 179 Å². The van der Waals surface area contributed by atoms with Gasteiger partial charge in [-0.2, -0.15) is 5.26 Å². The molecular weight excluding hydrogens is 398 g/mol. The first-order valence-corrected chi connectivity index (χ1v) is 9.55. The average molecular weight is 419 g/mol. The minimum atomic E-state index is -0.347. The van der Waals surface area contributed by atoms with Crippen LogP contribution in [-0.2, 0) is 4.79 Å². The highest BCUT2D eigenvalue weighted by atomic mass is 16.5. The van der Waals surface area contributed by atoms with Crippen LogP contribution < -0.4 is 20.1 Å². The Morgan fingerprint density at radius 1 is 1.03 bits per heavy atom. The lowest BCUT2D eigenvalue weighted by molar-refractivity contribution is -0.116. The molecule has 1 heterocycles. The van der Waals surface area contributed by atoms with E-state index in [0.717, 1.165) is 0 Å². The van der Waals surface area contributed by atoms with Crippen LogP contribution in [0.25, 0.3) is 0 Å². The van der Waals surface area contributed by atoms with Gasteiger partial charge in [0.2, 0.25) is 5.91 Å². The van der Waals surface area contributed by atoms with E-state index < -0.39 is 0 Å². The topological polar surface area (TPSA) is 114 Å². The molecule has 0 fully saturated rings. The van der Waals surface area contributed by atoms with Crippen LogP contribution in [0.15, 0.2) is 65.3 Å². The monoisotopic (exact) mass is 419 g/mol. The van der Waals surface area contributed by atoms with Crippen LogP contribution in [0.5, 0.6) is 11.5 Å². The van der Waals surface area contributed by atoms with Gasteiger partial charge in [-0.25, -0.2) is 0 Å². The van der Waals surface area contributed by atoms with Gasteiger partial charge in [0.05, 0.1) is 31.6 Å². The van der Waals surface area contributed by atoms with Crippen molar-refractivity contribution >= 4 is 23.2 Å². The second-order valence-corrected chi connectivity index (χ2v) is 6.49. The Hall–Kier alpha value is -4.25. The molecule has 0 radical (unpaired) electrons. The van der Waals surface area contributed by atoms with Crippen LogP contribution in [0.4, 0.5) is 11.4 Å². The van der Waals surface area contributed by atoms with Crippen LogP contribution in [-0.4, -0.2) is 25.5 Å². The summed E-state index contributed by atoms with van der Waals surface area (Å²) in [4.78, 5) is 24.1. The van der Waals surface area contributed by atoms with Gasteiger partial charge in [-0.1, -0.05) is 0 Å². The quantitative estimate of drug-likeness (QED) is 0.502. The van der Waals surface area contributed by atoms with E-state index >= 15 is 0 Å². The smallest absolute Gasteiger partial charge is 0.291 e. The van der Waals surface area contributed by atoms with Crippen molar-refractivity contribution in [3.63, 3.8) is 0 Å². The minimum Gasteiger partial charge on any atom is -0.493 e. The van der Waals surface area contributed by atoms with Gasteiger partial charge in [-0.3, -0.25) is 9.59 Å². The molecule has 8 nitrogen and oxygen atoms in total. The van der Waals surface area contributed by atoms with Gasteiger partial charge in [0.15, 0.2) is 17.3 Å². The summed E-state index contributed by atoms with van der Waals surface area (Å²) in [5.74, 6) is 0.721. The van der Waals surface area contributed by atoms with E-state index in [1.165, 1.54) is 13.4 Å². The molecule has 0 spiro atoms. The number of carbonyl (C=O) groups excluding carboxylic acids is 2. The first-order valence-electron chi connectivity index (χ1n) is 9.55. The number of rotatable bonds is 9. The second-order valence-electron chi connectivity index (χ2n) is 6.49.